The zero-order chi connectivity index (χ0) is 25.6. The molecule has 10 heteroatoms. The van der Waals surface area contributed by atoms with Crippen molar-refractivity contribution < 1.29 is 18.0 Å². The summed E-state index contributed by atoms with van der Waals surface area (Å²) in [4.78, 5) is 28.0. The predicted octanol–water partition coefficient (Wildman–Crippen LogP) is 4.40. The van der Waals surface area contributed by atoms with Gasteiger partial charge in [0.15, 0.2) is 0 Å². The van der Waals surface area contributed by atoms with Crippen LogP contribution in [-0.2, 0) is 26.2 Å². The highest BCUT2D eigenvalue weighted by atomic mass is 35.5. The van der Waals surface area contributed by atoms with E-state index in [4.69, 9.17) is 23.2 Å². The Morgan fingerprint density at radius 3 is 2.29 bits per heavy atom. The Kier molecular flexibility index (Phi) is 9.79. The Balaban J connectivity index is 2.48. The number of hydrogen-bond donors (Lipinski definition) is 1. The van der Waals surface area contributed by atoms with Gasteiger partial charge in [0.2, 0.25) is 21.8 Å². The molecule has 1 N–H and O–H groups in total. The summed E-state index contributed by atoms with van der Waals surface area (Å²) < 4.78 is 26.2. The molecule has 0 fully saturated rings. The number of hydrogen-bond acceptors (Lipinski definition) is 4. The third-order valence-corrected chi connectivity index (χ3v) is 6.77. The van der Waals surface area contributed by atoms with E-state index < -0.39 is 28.5 Å². The molecule has 0 heterocycles. The minimum Gasteiger partial charge on any atom is -0.352 e. The Bertz CT molecular complexity index is 1140. The van der Waals surface area contributed by atoms with Crippen LogP contribution >= 0.6 is 23.2 Å². The fraction of sp³-hybridized carbons (Fsp3) is 0.417. The lowest BCUT2D eigenvalue weighted by molar-refractivity contribution is -0.140. The van der Waals surface area contributed by atoms with Gasteiger partial charge in [-0.1, -0.05) is 60.0 Å². The van der Waals surface area contributed by atoms with Gasteiger partial charge in [-0.15, -0.1) is 0 Å². The van der Waals surface area contributed by atoms with Crippen LogP contribution in [0.5, 0.6) is 0 Å². The number of sulfonamides is 1. The molecule has 0 aliphatic rings. The molecule has 2 rings (SSSR count). The van der Waals surface area contributed by atoms with Gasteiger partial charge in [0.25, 0.3) is 0 Å². The lowest BCUT2D eigenvalue weighted by Crippen LogP contribution is -2.53. The quantitative estimate of drug-likeness (QED) is 0.495. The number of nitrogens with one attached hydrogen (secondary N) is 1. The van der Waals surface area contributed by atoms with Crippen molar-refractivity contribution in [3.63, 3.8) is 0 Å². The summed E-state index contributed by atoms with van der Waals surface area (Å²) in [6, 6.07) is 11.1. The van der Waals surface area contributed by atoms with E-state index in [0.717, 1.165) is 21.7 Å². The van der Waals surface area contributed by atoms with E-state index in [1.54, 1.807) is 0 Å². The predicted molar refractivity (Wildman–Crippen MR) is 138 cm³/mol. The van der Waals surface area contributed by atoms with Crippen LogP contribution in [0.2, 0.25) is 10.0 Å². The molecule has 34 heavy (non-hydrogen) atoms. The second-order valence-corrected chi connectivity index (χ2v) is 11.2. The zero-order valence-corrected chi connectivity index (χ0v) is 22.3. The summed E-state index contributed by atoms with van der Waals surface area (Å²) in [5.41, 5.74) is 1.98. The highest BCUT2D eigenvalue weighted by Crippen LogP contribution is 2.30. The third-order valence-electron chi connectivity index (χ3n) is 5.11. The highest BCUT2D eigenvalue weighted by Gasteiger charge is 2.32. The van der Waals surface area contributed by atoms with Gasteiger partial charge in [-0.25, -0.2) is 8.42 Å². The fourth-order valence-corrected chi connectivity index (χ4v) is 5.01. The average molecular weight is 529 g/mol. The van der Waals surface area contributed by atoms with E-state index in [0.29, 0.717) is 11.4 Å². The van der Waals surface area contributed by atoms with Gasteiger partial charge in [0.1, 0.15) is 12.6 Å². The molecule has 186 valence electrons. The Morgan fingerprint density at radius 2 is 1.76 bits per heavy atom. The monoisotopic (exact) mass is 527 g/mol. The molecule has 2 amide bonds. The van der Waals surface area contributed by atoms with Crippen LogP contribution in [0, 0.1) is 6.92 Å². The van der Waals surface area contributed by atoms with Gasteiger partial charge in [-0.05, 0) is 51.0 Å². The molecule has 1 atom stereocenters. The molecule has 0 spiro atoms. The topological polar surface area (TPSA) is 86.8 Å². The van der Waals surface area contributed by atoms with Crippen molar-refractivity contribution in [1.29, 1.82) is 0 Å². The molecule has 0 radical (unpaired) electrons. The summed E-state index contributed by atoms with van der Waals surface area (Å²) in [7, 11) is -3.88. The van der Waals surface area contributed by atoms with Crippen LogP contribution < -0.4 is 9.62 Å². The number of carbonyl (C=O) groups is 2. The van der Waals surface area contributed by atoms with Crippen LogP contribution in [0.15, 0.2) is 42.5 Å². The van der Waals surface area contributed by atoms with Crippen molar-refractivity contribution in [2.24, 2.45) is 0 Å². The number of amides is 2. The minimum atomic E-state index is -3.88. The first kappa shape index (κ1) is 28.0. The molecule has 0 aliphatic heterocycles. The first-order valence-corrected chi connectivity index (χ1v) is 13.5. The zero-order valence-electron chi connectivity index (χ0n) is 20.0. The van der Waals surface area contributed by atoms with E-state index in [-0.39, 0.29) is 29.2 Å². The largest absolute Gasteiger partial charge is 0.352 e. The Labute approximate surface area is 212 Å². The van der Waals surface area contributed by atoms with Crippen molar-refractivity contribution in [3.05, 3.63) is 63.6 Å². The maximum atomic E-state index is 13.6. The first-order chi connectivity index (χ1) is 15.8. The summed E-state index contributed by atoms with van der Waals surface area (Å²) in [6.45, 7) is 7.06. The van der Waals surface area contributed by atoms with Crippen LogP contribution in [0.25, 0.3) is 0 Å². The van der Waals surface area contributed by atoms with E-state index >= 15 is 0 Å². The van der Waals surface area contributed by atoms with Crippen LogP contribution in [0.3, 0.4) is 0 Å². The molecule has 0 saturated carbocycles. The molecular formula is C24H31Cl2N3O4S. The van der Waals surface area contributed by atoms with Gasteiger partial charge in [0, 0.05) is 17.6 Å². The van der Waals surface area contributed by atoms with E-state index in [2.05, 4.69) is 5.32 Å². The lowest BCUT2D eigenvalue weighted by Gasteiger charge is -2.33. The average Bonchev–Trinajstić information content (AvgIpc) is 2.71. The molecule has 1 unspecified atom stereocenters. The van der Waals surface area contributed by atoms with Crippen LogP contribution in [0.4, 0.5) is 5.69 Å². The lowest BCUT2D eigenvalue weighted by atomic mass is 10.1. The summed E-state index contributed by atoms with van der Waals surface area (Å²) in [5.74, 6) is -0.822. The number of carbonyl (C=O) groups excluding carboxylic acids is 2. The molecule has 0 saturated heterocycles. The van der Waals surface area contributed by atoms with Crippen molar-refractivity contribution in [2.75, 3.05) is 17.1 Å². The van der Waals surface area contributed by atoms with Gasteiger partial charge < -0.3 is 10.2 Å². The molecular weight excluding hydrogens is 497 g/mol. The molecule has 2 aromatic rings. The second-order valence-electron chi connectivity index (χ2n) is 8.46. The van der Waals surface area contributed by atoms with E-state index in [9.17, 15) is 18.0 Å². The molecule has 0 aromatic heterocycles. The third kappa shape index (κ3) is 7.61. The van der Waals surface area contributed by atoms with Crippen molar-refractivity contribution in [1.82, 2.24) is 10.2 Å². The van der Waals surface area contributed by atoms with E-state index in [1.165, 1.54) is 23.1 Å². The fourth-order valence-electron chi connectivity index (χ4n) is 3.59. The molecule has 0 bridgehead atoms. The number of nitrogens with zero attached hydrogens (tertiary/aromatic N) is 2. The molecule has 7 nitrogen and oxygen atoms in total. The number of benzene rings is 2. The number of halogens is 2. The van der Waals surface area contributed by atoms with Crippen LogP contribution in [-0.4, -0.2) is 50.0 Å². The van der Waals surface area contributed by atoms with Crippen molar-refractivity contribution in [3.8, 4) is 0 Å². The number of anilines is 1. The van der Waals surface area contributed by atoms with Gasteiger partial charge in [0.05, 0.1) is 17.0 Å². The number of rotatable bonds is 10. The first-order valence-electron chi connectivity index (χ1n) is 10.9. The molecule has 0 aliphatic carbocycles. The van der Waals surface area contributed by atoms with Gasteiger partial charge in [-0.3, -0.25) is 13.9 Å². The minimum absolute atomic E-state index is 0.0977. The maximum absolute atomic E-state index is 13.6. The number of aryl methyl sites for hydroxylation is 1. The van der Waals surface area contributed by atoms with Crippen molar-refractivity contribution in [2.45, 2.75) is 52.7 Å². The second kappa shape index (κ2) is 11.9. The summed E-state index contributed by atoms with van der Waals surface area (Å²) >= 11 is 12.2. The summed E-state index contributed by atoms with van der Waals surface area (Å²) in [6.07, 6.45) is 1.36. The smallest absolute Gasteiger partial charge is 0.244 e. The standard InChI is InChI=1S/C24H31Cl2N3O4S/c1-6-21(24(31)27-16(2)3)28(14-18-9-7-8-17(4)12-18)23(30)15-29(34(5,32)33)22-11-10-19(25)13-20(22)26/h7-13,16,21H,6,14-15H2,1-5H3,(H,27,31). The van der Waals surface area contributed by atoms with Crippen LogP contribution in [0.1, 0.15) is 38.3 Å². The Morgan fingerprint density at radius 1 is 1.09 bits per heavy atom. The maximum Gasteiger partial charge on any atom is 0.244 e. The SMILES string of the molecule is CCC(C(=O)NC(C)C)N(Cc1cccc(C)c1)C(=O)CN(c1ccc(Cl)cc1Cl)S(C)(=O)=O. The molecule has 2 aromatic carbocycles. The van der Waals surface area contributed by atoms with E-state index in [1.807, 2.05) is 52.0 Å². The van der Waals surface area contributed by atoms with Crippen molar-refractivity contribution >= 4 is 50.7 Å². The summed E-state index contributed by atoms with van der Waals surface area (Å²) in [5, 5.41) is 3.29. The highest BCUT2D eigenvalue weighted by molar-refractivity contribution is 7.92. The van der Waals surface area contributed by atoms with Gasteiger partial charge >= 0.3 is 0 Å². The Hall–Kier alpha value is -2.29. The normalized spacial score (nSPS) is 12.4. The van der Waals surface area contributed by atoms with Gasteiger partial charge in [-0.2, -0.15) is 0 Å².